The molecule has 0 bridgehead atoms. The van der Waals surface area contributed by atoms with Crippen LogP contribution in [0.1, 0.15) is 6.42 Å². The number of nitrogens with zero attached hydrogens (tertiary/aromatic N) is 1. The monoisotopic (exact) mass is 270 g/mol. The third kappa shape index (κ3) is 2.14. The number of nitrogens with one attached hydrogen (secondary N) is 1. The second-order valence-corrected chi connectivity index (χ2v) is 6.45. The van der Waals surface area contributed by atoms with Gasteiger partial charge in [-0.2, -0.15) is 11.8 Å². The van der Waals surface area contributed by atoms with Gasteiger partial charge >= 0.3 is 0 Å². The van der Waals surface area contributed by atoms with Crippen LogP contribution in [-0.4, -0.2) is 22.5 Å². The lowest BCUT2D eigenvalue weighted by atomic mass is 10.3. The van der Waals surface area contributed by atoms with Crippen molar-refractivity contribution in [2.24, 2.45) is 0 Å². The molecule has 5 heteroatoms. The lowest BCUT2D eigenvalue weighted by Crippen LogP contribution is -2.17. The molecule has 0 spiro atoms. The molecule has 1 aliphatic rings. The molecule has 0 saturated carbocycles. The zero-order valence-electron chi connectivity index (χ0n) is 8.57. The lowest BCUT2D eigenvalue weighted by Gasteiger charge is -2.08. The normalized spacial score (nSPS) is 20.4. The van der Waals surface area contributed by atoms with Gasteiger partial charge in [-0.15, -0.1) is 0 Å². The molecule has 16 heavy (non-hydrogen) atoms. The van der Waals surface area contributed by atoms with Gasteiger partial charge in [0.05, 0.1) is 10.2 Å². The molecule has 0 radical (unpaired) electrons. The molecule has 2 aromatic rings. The summed E-state index contributed by atoms with van der Waals surface area (Å²) in [4.78, 5) is 4.55. The molecule has 0 aliphatic carbocycles. The highest BCUT2D eigenvalue weighted by molar-refractivity contribution is 7.99. The Hall–Kier alpha value is -0.450. The summed E-state index contributed by atoms with van der Waals surface area (Å²) in [5, 5.41) is 5.26. The first-order valence-corrected chi connectivity index (χ1v) is 7.56. The van der Waals surface area contributed by atoms with Crippen molar-refractivity contribution < 1.29 is 0 Å². The summed E-state index contributed by atoms with van der Waals surface area (Å²) < 4.78 is 1.19. The maximum atomic E-state index is 5.94. The van der Waals surface area contributed by atoms with Gasteiger partial charge in [-0.3, -0.25) is 0 Å². The van der Waals surface area contributed by atoms with E-state index >= 15 is 0 Å². The zero-order chi connectivity index (χ0) is 11.0. The summed E-state index contributed by atoms with van der Waals surface area (Å²) in [5.74, 6) is 2.45. The largest absolute Gasteiger partial charge is 0.358 e. The van der Waals surface area contributed by atoms with Crippen molar-refractivity contribution in [1.82, 2.24) is 4.98 Å². The number of aromatic nitrogens is 1. The Morgan fingerprint density at radius 2 is 2.38 bits per heavy atom. The maximum Gasteiger partial charge on any atom is 0.184 e. The number of anilines is 1. The Kier molecular flexibility index (Phi) is 2.96. The SMILES string of the molecule is Clc1ccc2sc(NC3CCSC3)nc2c1. The smallest absolute Gasteiger partial charge is 0.184 e. The minimum Gasteiger partial charge on any atom is -0.358 e. The maximum absolute atomic E-state index is 5.94. The number of fused-ring (bicyclic) bond motifs is 1. The Morgan fingerprint density at radius 3 is 3.19 bits per heavy atom. The molecule has 1 fully saturated rings. The van der Waals surface area contributed by atoms with Gasteiger partial charge in [0.1, 0.15) is 0 Å². The molecular formula is C11H11ClN2S2. The summed E-state index contributed by atoms with van der Waals surface area (Å²) in [6, 6.07) is 6.45. The fraction of sp³-hybridized carbons (Fsp3) is 0.364. The van der Waals surface area contributed by atoms with Gasteiger partial charge < -0.3 is 5.32 Å². The van der Waals surface area contributed by atoms with Crippen LogP contribution in [0, 0.1) is 0 Å². The first-order chi connectivity index (χ1) is 7.81. The van der Waals surface area contributed by atoms with Gasteiger partial charge in [0, 0.05) is 16.8 Å². The van der Waals surface area contributed by atoms with Gasteiger partial charge in [-0.05, 0) is 30.4 Å². The van der Waals surface area contributed by atoms with Gasteiger partial charge in [0.15, 0.2) is 5.13 Å². The standard InChI is InChI=1S/C11H11ClN2S2/c12-7-1-2-10-9(5-7)14-11(16-10)13-8-3-4-15-6-8/h1-2,5,8H,3-4,6H2,(H,13,14). The number of halogens is 1. The average Bonchev–Trinajstić information content (AvgIpc) is 2.86. The molecular weight excluding hydrogens is 260 g/mol. The summed E-state index contributed by atoms with van der Waals surface area (Å²) in [6.07, 6.45) is 1.24. The average molecular weight is 271 g/mol. The number of hydrogen-bond acceptors (Lipinski definition) is 4. The van der Waals surface area contributed by atoms with E-state index in [9.17, 15) is 0 Å². The molecule has 1 unspecified atom stereocenters. The third-order valence-electron chi connectivity index (χ3n) is 2.61. The second-order valence-electron chi connectivity index (χ2n) is 3.84. The van der Waals surface area contributed by atoms with Crippen molar-refractivity contribution in [3.63, 3.8) is 0 Å². The predicted molar refractivity (Wildman–Crippen MR) is 74.0 cm³/mol. The first-order valence-electron chi connectivity index (χ1n) is 5.21. The van der Waals surface area contributed by atoms with E-state index in [0.29, 0.717) is 6.04 Å². The van der Waals surface area contributed by atoms with E-state index in [1.54, 1.807) is 11.3 Å². The van der Waals surface area contributed by atoms with E-state index in [2.05, 4.69) is 10.3 Å². The van der Waals surface area contributed by atoms with Crippen molar-refractivity contribution in [3.8, 4) is 0 Å². The van der Waals surface area contributed by atoms with Crippen LogP contribution in [0.4, 0.5) is 5.13 Å². The van der Waals surface area contributed by atoms with Crippen LogP contribution in [0.15, 0.2) is 18.2 Å². The topological polar surface area (TPSA) is 24.9 Å². The fourth-order valence-electron chi connectivity index (χ4n) is 1.79. The summed E-state index contributed by atoms with van der Waals surface area (Å²) in [5.41, 5.74) is 0.991. The zero-order valence-corrected chi connectivity index (χ0v) is 11.0. The highest BCUT2D eigenvalue weighted by Crippen LogP contribution is 2.30. The molecule has 1 atom stereocenters. The molecule has 84 valence electrons. The van der Waals surface area contributed by atoms with Gasteiger partial charge in [0.25, 0.3) is 0 Å². The van der Waals surface area contributed by atoms with Crippen LogP contribution >= 0.6 is 34.7 Å². The number of benzene rings is 1. The van der Waals surface area contributed by atoms with E-state index in [-0.39, 0.29) is 0 Å². The van der Waals surface area contributed by atoms with Crippen molar-refractivity contribution in [2.75, 3.05) is 16.8 Å². The Morgan fingerprint density at radius 1 is 1.44 bits per heavy atom. The molecule has 2 nitrogen and oxygen atoms in total. The minimum atomic E-state index is 0.584. The highest BCUT2D eigenvalue weighted by Gasteiger charge is 2.16. The molecule has 1 N–H and O–H groups in total. The Balaban J connectivity index is 1.86. The van der Waals surface area contributed by atoms with Gasteiger partial charge in [-0.25, -0.2) is 4.98 Å². The van der Waals surface area contributed by atoms with Crippen LogP contribution in [-0.2, 0) is 0 Å². The van der Waals surface area contributed by atoms with Crippen molar-refractivity contribution in [1.29, 1.82) is 0 Å². The summed E-state index contributed by atoms with van der Waals surface area (Å²) in [6.45, 7) is 0. The van der Waals surface area contributed by atoms with E-state index < -0.39 is 0 Å². The molecule has 1 aromatic carbocycles. The first kappa shape index (κ1) is 10.7. The molecule has 1 aromatic heterocycles. The van der Waals surface area contributed by atoms with Crippen LogP contribution in [0.3, 0.4) is 0 Å². The number of rotatable bonds is 2. The van der Waals surface area contributed by atoms with E-state index in [4.69, 9.17) is 11.6 Å². The molecule has 1 saturated heterocycles. The van der Waals surface area contributed by atoms with Crippen molar-refractivity contribution in [3.05, 3.63) is 23.2 Å². The highest BCUT2D eigenvalue weighted by atomic mass is 35.5. The van der Waals surface area contributed by atoms with Crippen LogP contribution in [0.5, 0.6) is 0 Å². The van der Waals surface area contributed by atoms with Gasteiger partial charge in [0.2, 0.25) is 0 Å². The van der Waals surface area contributed by atoms with Gasteiger partial charge in [-0.1, -0.05) is 22.9 Å². The van der Waals surface area contributed by atoms with Crippen LogP contribution < -0.4 is 5.32 Å². The number of hydrogen-bond donors (Lipinski definition) is 1. The van der Waals surface area contributed by atoms with Crippen LogP contribution in [0.2, 0.25) is 5.02 Å². The summed E-state index contributed by atoms with van der Waals surface area (Å²) >= 11 is 9.65. The van der Waals surface area contributed by atoms with Crippen LogP contribution in [0.25, 0.3) is 10.2 Å². The molecule has 2 heterocycles. The summed E-state index contributed by atoms with van der Waals surface area (Å²) in [7, 11) is 0. The number of thiazole rings is 1. The third-order valence-corrected chi connectivity index (χ3v) is 4.97. The quantitative estimate of drug-likeness (QED) is 0.897. The molecule has 1 aliphatic heterocycles. The molecule has 0 amide bonds. The molecule has 3 rings (SSSR count). The van der Waals surface area contributed by atoms with E-state index in [1.807, 2.05) is 30.0 Å². The lowest BCUT2D eigenvalue weighted by molar-refractivity contribution is 0.812. The van der Waals surface area contributed by atoms with Crippen molar-refractivity contribution >= 4 is 50.0 Å². The Labute approximate surface area is 107 Å². The minimum absolute atomic E-state index is 0.584. The van der Waals surface area contributed by atoms with E-state index in [0.717, 1.165) is 15.7 Å². The fourth-order valence-corrected chi connectivity index (χ4v) is 4.03. The van der Waals surface area contributed by atoms with E-state index in [1.165, 1.54) is 22.6 Å². The predicted octanol–water partition coefficient (Wildman–Crippen LogP) is 3.87. The second kappa shape index (κ2) is 4.43. The number of thioether (sulfide) groups is 1. The Bertz CT molecular complexity index is 506. The van der Waals surface area contributed by atoms with Crippen molar-refractivity contribution in [2.45, 2.75) is 12.5 Å².